The van der Waals surface area contributed by atoms with E-state index in [-0.39, 0.29) is 16.3 Å². The molecule has 0 fully saturated rings. The lowest BCUT2D eigenvalue weighted by atomic mass is 10.0. The summed E-state index contributed by atoms with van der Waals surface area (Å²) in [6.07, 6.45) is 0. The van der Waals surface area contributed by atoms with Gasteiger partial charge in [0, 0.05) is 18.7 Å². The standard InChI is InChI=1S/C20H27BrFN3O5SSi/c1-5-32(6-2,7-3)16-12-17(21)24-19(18(16)22)20(4,26)13-23-31(29,30)15-10-8-14(9-11-15)25(27)28/h8-12,23,26H,5-7,13H2,1-4H3. The summed E-state index contributed by atoms with van der Waals surface area (Å²) in [5.74, 6) is -0.607. The van der Waals surface area contributed by atoms with Gasteiger partial charge in [-0.1, -0.05) is 38.9 Å². The third-order valence-electron chi connectivity index (χ3n) is 6.00. The molecule has 8 nitrogen and oxygen atoms in total. The Hall–Kier alpha value is -1.73. The van der Waals surface area contributed by atoms with Gasteiger partial charge in [0.05, 0.1) is 17.9 Å². The number of benzene rings is 1. The first kappa shape index (κ1) is 26.5. The first-order valence-corrected chi connectivity index (χ1v) is 15.1. The van der Waals surface area contributed by atoms with Crippen LogP contribution in [0.25, 0.3) is 0 Å². The van der Waals surface area contributed by atoms with Gasteiger partial charge in [-0.3, -0.25) is 10.1 Å². The molecule has 176 valence electrons. The highest BCUT2D eigenvalue weighted by molar-refractivity contribution is 9.10. The molecule has 0 amide bonds. The summed E-state index contributed by atoms with van der Waals surface area (Å²) in [5, 5.41) is 22.3. The van der Waals surface area contributed by atoms with Crippen LogP contribution in [0.1, 0.15) is 33.4 Å². The van der Waals surface area contributed by atoms with Crippen LogP contribution in [-0.2, 0) is 15.6 Å². The number of pyridine rings is 1. The van der Waals surface area contributed by atoms with E-state index in [0.717, 1.165) is 42.4 Å². The van der Waals surface area contributed by atoms with Gasteiger partial charge in [0.25, 0.3) is 5.69 Å². The summed E-state index contributed by atoms with van der Waals surface area (Å²) >= 11 is 3.31. The van der Waals surface area contributed by atoms with E-state index in [0.29, 0.717) is 9.79 Å². The Labute approximate surface area is 196 Å². The van der Waals surface area contributed by atoms with Crippen molar-refractivity contribution in [2.24, 2.45) is 0 Å². The van der Waals surface area contributed by atoms with Gasteiger partial charge >= 0.3 is 0 Å². The maximum Gasteiger partial charge on any atom is 0.269 e. The summed E-state index contributed by atoms with van der Waals surface area (Å²) in [6, 6.07) is 8.45. The lowest BCUT2D eigenvalue weighted by Gasteiger charge is -2.32. The van der Waals surface area contributed by atoms with Gasteiger partial charge in [-0.15, -0.1) is 0 Å². The molecule has 1 atom stereocenters. The van der Waals surface area contributed by atoms with Crippen LogP contribution >= 0.6 is 15.9 Å². The van der Waals surface area contributed by atoms with Gasteiger partial charge in [-0.2, -0.15) is 0 Å². The second kappa shape index (κ2) is 10.0. The third kappa shape index (κ3) is 5.42. The zero-order valence-corrected chi connectivity index (χ0v) is 21.8. The summed E-state index contributed by atoms with van der Waals surface area (Å²) in [4.78, 5) is 14.0. The Morgan fingerprint density at radius 1 is 1.22 bits per heavy atom. The number of aliphatic hydroxyl groups is 1. The van der Waals surface area contributed by atoms with Crippen LogP contribution in [0.15, 0.2) is 39.8 Å². The lowest BCUT2D eigenvalue weighted by molar-refractivity contribution is -0.384. The molecular formula is C20H27BrFN3O5SSi. The van der Waals surface area contributed by atoms with Crippen molar-refractivity contribution in [1.82, 2.24) is 9.71 Å². The molecule has 0 aliphatic heterocycles. The van der Waals surface area contributed by atoms with E-state index < -0.39 is 41.0 Å². The highest BCUT2D eigenvalue weighted by atomic mass is 79.9. The van der Waals surface area contributed by atoms with Gasteiger partial charge in [0.15, 0.2) is 0 Å². The lowest BCUT2D eigenvalue weighted by Crippen LogP contribution is -2.50. The topological polar surface area (TPSA) is 122 Å². The Bertz CT molecular complexity index is 1080. The molecule has 32 heavy (non-hydrogen) atoms. The van der Waals surface area contributed by atoms with Crippen molar-refractivity contribution >= 4 is 44.9 Å². The second-order valence-electron chi connectivity index (χ2n) is 7.85. The number of non-ortho nitro benzene ring substituents is 1. The van der Waals surface area contributed by atoms with E-state index in [1.165, 1.54) is 6.92 Å². The Morgan fingerprint density at radius 3 is 2.22 bits per heavy atom. The number of nitro groups is 1. The molecule has 0 aliphatic carbocycles. The van der Waals surface area contributed by atoms with Crippen LogP contribution in [0.3, 0.4) is 0 Å². The third-order valence-corrected chi connectivity index (χ3v) is 13.4. The summed E-state index contributed by atoms with van der Waals surface area (Å²) in [6.45, 7) is 6.85. The van der Waals surface area contributed by atoms with Crippen LogP contribution in [-0.4, -0.2) is 38.1 Å². The fourth-order valence-electron chi connectivity index (χ4n) is 3.71. The number of hydrogen-bond donors (Lipinski definition) is 2. The number of rotatable bonds is 10. The molecule has 0 bridgehead atoms. The van der Waals surface area contributed by atoms with Crippen molar-refractivity contribution in [2.45, 2.75) is 56.3 Å². The normalized spacial score (nSPS) is 14.2. The Kier molecular flexibility index (Phi) is 8.32. The second-order valence-corrected chi connectivity index (χ2v) is 15.6. The molecule has 1 unspecified atom stereocenters. The molecule has 0 radical (unpaired) electrons. The number of nitro benzene ring substituents is 1. The number of nitrogens with zero attached hydrogens (tertiary/aromatic N) is 2. The zero-order valence-electron chi connectivity index (χ0n) is 18.4. The van der Waals surface area contributed by atoms with E-state index in [1.807, 2.05) is 20.8 Å². The molecular weight excluding hydrogens is 521 g/mol. The minimum atomic E-state index is -4.11. The van der Waals surface area contributed by atoms with Crippen LogP contribution in [0.5, 0.6) is 0 Å². The molecule has 0 spiro atoms. The fraction of sp³-hybridized carbons (Fsp3) is 0.450. The molecule has 0 saturated heterocycles. The summed E-state index contributed by atoms with van der Waals surface area (Å²) in [7, 11) is -6.26. The number of sulfonamides is 1. The zero-order chi connectivity index (χ0) is 24.3. The number of aromatic nitrogens is 1. The predicted molar refractivity (Wildman–Crippen MR) is 127 cm³/mol. The van der Waals surface area contributed by atoms with Crippen molar-refractivity contribution < 1.29 is 22.8 Å². The molecule has 12 heteroatoms. The maximum atomic E-state index is 15.6. The van der Waals surface area contributed by atoms with E-state index in [4.69, 9.17) is 0 Å². The maximum absolute atomic E-state index is 15.6. The molecule has 2 aromatic rings. The minimum Gasteiger partial charge on any atom is -0.382 e. The van der Waals surface area contributed by atoms with Gasteiger partial charge in [-0.25, -0.2) is 22.5 Å². The van der Waals surface area contributed by atoms with Crippen LogP contribution in [0.2, 0.25) is 18.1 Å². The first-order chi connectivity index (χ1) is 14.8. The highest BCUT2D eigenvalue weighted by Gasteiger charge is 2.38. The van der Waals surface area contributed by atoms with E-state index in [9.17, 15) is 23.6 Å². The van der Waals surface area contributed by atoms with Gasteiger partial charge in [-0.05, 0) is 46.2 Å². The average molecular weight is 549 g/mol. The molecule has 0 saturated carbocycles. The number of nitrogens with one attached hydrogen (secondary N) is 1. The van der Waals surface area contributed by atoms with E-state index in [1.54, 1.807) is 6.07 Å². The fourth-order valence-corrected chi connectivity index (χ4v) is 9.13. The number of halogens is 2. The largest absolute Gasteiger partial charge is 0.382 e. The van der Waals surface area contributed by atoms with Crippen molar-refractivity contribution in [3.63, 3.8) is 0 Å². The van der Waals surface area contributed by atoms with Gasteiger partial charge in [0.2, 0.25) is 10.0 Å². The van der Waals surface area contributed by atoms with Crippen molar-refractivity contribution in [2.75, 3.05) is 6.54 Å². The van der Waals surface area contributed by atoms with Crippen LogP contribution in [0, 0.1) is 15.9 Å². The van der Waals surface area contributed by atoms with Crippen LogP contribution < -0.4 is 9.91 Å². The average Bonchev–Trinajstić information content (AvgIpc) is 2.76. The van der Waals surface area contributed by atoms with Gasteiger partial charge in [0.1, 0.15) is 21.7 Å². The predicted octanol–water partition coefficient (Wildman–Crippen LogP) is 3.79. The van der Waals surface area contributed by atoms with E-state index >= 15 is 4.39 Å². The van der Waals surface area contributed by atoms with Crippen molar-refractivity contribution in [3.8, 4) is 0 Å². The van der Waals surface area contributed by atoms with Crippen molar-refractivity contribution in [1.29, 1.82) is 0 Å². The highest BCUT2D eigenvalue weighted by Crippen LogP contribution is 2.28. The minimum absolute atomic E-state index is 0.211. The molecule has 2 N–H and O–H groups in total. The quantitative estimate of drug-likeness (QED) is 0.202. The molecule has 0 aliphatic rings. The monoisotopic (exact) mass is 547 g/mol. The Balaban J connectivity index is 2.39. The Morgan fingerprint density at radius 2 is 1.75 bits per heavy atom. The van der Waals surface area contributed by atoms with Crippen molar-refractivity contribution in [3.05, 3.63) is 56.6 Å². The number of hydrogen-bond acceptors (Lipinski definition) is 6. The van der Waals surface area contributed by atoms with Gasteiger partial charge < -0.3 is 5.11 Å². The first-order valence-electron chi connectivity index (χ1n) is 10.2. The molecule has 2 rings (SSSR count). The smallest absolute Gasteiger partial charge is 0.269 e. The SMILES string of the molecule is CC[Si](CC)(CC)c1cc(Br)nc(C(C)(O)CNS(=O)(=O)c2ccc([N+](=O)[O-])cc2)c1F. The molecule has 1 aromatic carbocycles. The molecule has 1 heterocycles. The summed E-state index contributed by atoms with van der Waals surface area (Å²) in [5.41, 5.74) is -2.42. The van der Waals surface area contributed by atoms with E-state index in [2.05, 4.69) is 25.6 Å². The summed E-state index contributed by atoms with van der Waals surface area (Å²) < 4.78 is 43.4. The van der Waals surface area contributed by atoms with Crippen LogP contribution in [0.4, 0.5) is 10.1 Å². The molecule has 1 aromatic heterocycles.